The van der Waals surface area contributed by atoms with Gasteiger partial charge in [-0.15, -0.1) is 0 Å². The summed E-state index contributed by atoms with van der Waals surface area (Å²) in [5.74, 6) is -0.532. The first-order valence-corrected chi connectivity index (χ1v) is 6.69. The lowest BCUT2D eigenvalue weighted by molar-refractivity contribution is -0.116. The highest BCUT2D eigenvalue weighted by Crippen LogP contribution is 2.20. The number of benzene rings is 1. The van der Waals surface area contributed by atoms with Crippen LogP contribution in [-0.2, 0) is 4.79 Å². The summed E-state index contributed by atoms with van der Waals surface area (Å²) in [4.78, 5) is 24.6. The van der Waals surface area contributed by atoms with Crippen LogP contribution in [0.1, 0.15) is 0 Å². The number of carbonyl (C=O) groups excluding carboxylic acids is 1. The molecule has 0 aliphatic carbocycles. The summed E-state index contributed by atoms with van der Waals surface area (Å²) in [6.07, 6.45) is 1.40. The summed E-state index contributed by atoms with van der Waals surface area (Å²) in [5, 5.41) is 4.56. The average molecular weight is 327 g/mol. The quantitative estimate of drug-likeness (QED) is 0.922. The number of rotatable bonds is 4. The van der Waals surface area contributed by atoms with Crippen LogP contribution >= 0.6 is 23.2 Å². The largest absolute Gasteiger partial charge is 0.368 e. The van der Waals surface area contributed by atoms with Gasteiger partial charge >= 0.3 is 0 Å². The van der Waals surface area contributed by atoms with Crippen LogP contribution < -0.4 is 16.2 Å². The minimum absolute atomic E-state index is 0.0382. The molecule has 0 fully saturated rings. The molecule has 0 spiro atoms. The number of anilines is 1. The predicted octanol–water partition coefficient (Wildman–Crippen LogP) is 1.46. The summed E-state index contributed by atoms with van der Waals surface area (Å²) in [7, 11) is 1.60. The molecular weight excluding hydrogens is 315 g/mol. The van der Waals surface area contributed by atoms with Gasteiger partial charge in [0.15, 0.2) is 0 Å². The first-order chi connectivity index (χ1) is 9.90. The van der Waals surface area contributed by atoms with Crippen LogP contribution in [0.3, 0.4) is 0 Å². The molecule has 2 N–H and O–H groups in total. The summed E-state index contributed by atoms with van der Waals surface area (Å²) >= 11 is 11.9. The standard InChI is InChI=1S/C13H12Cl2N4O2/c1-18(7-11(16)20)10-6-17-19(13(21)12(10)15)9-4-2-8(14)3-5-9/h2-6H,7H2,1H3,(H2,16,20). The van der Waals surface area contributed by atoms with Crippen LogP contribution in [0.15, 0.2) is 35.3 Å². The zero-order chi connectivity index (χ0) is 15.6. The predicted molar refractivity (Wildman–Crippen MR) is 82.3 cm³/mol. The molecule has 0 saturated heterocycles. The van der Waals surface area contributed by atoms with Gasteiger partial charge in [-0.2, -0.15) is 9.78 Å². The van der Waals surface area contributed by atoms with E-state index < -0.39 is 11.5 Å². The fourth-order valence-corrected chi connectivity index (χ4v) is 2.17. The second-order valence-corrected chi connectivity index (χ2v) is 5.17. The van der Waals surface area contributed by atoms with Gasteiger partial charge in [-0.25, -0.2) is 0 Å². The van der Waals surface area contributed by atoms with Crippen LogP contribution in [0.4, 0.5) is 5.69 Å². The summed E-state index contributed by atoms with van der Waals surface area (Å²) < 4.78 is 1.15. The van der Waals surface area contributed by atoms with E-state index in [1.807, 2.05) is 0 Å². The molecule has 1 aromatic heterocycles. The number of likely N-dealkylation sites (N-methyl/N-ethyl adjacent to an activating group) is 1. The molecule has 1 aromatic carbocycles. The minimum Gasteiger partial charge on any atom is -0.368 e. The van der Waals surface area contributed by atoms with E-state index in [1.165, 1.54) is 11.1 Å². The Morgan fingerprint density at radius 3 is 2.52 bits per heavy atom. The third-order valence-electron chi connectivity index (χ3n) is 2.78. The van der Waals surface area contributed by atoms with Crippen molar-refractivity contribution in [1.82, 2.24) is 9.78 Å². The van der Waals surface area contributed by atoms with E-state index in [2.05, 4.69) is 5.10 Å². The highest BCUT2D eigenvalue weighted by atomic mass is 35.5. The molecule has 0 atom stereocenters. The van der Waals surface area contributed by atoms with Gasteiger partial charge in [-0.1, -0.05) is 23.2 Å². The highest BCUT2D eigenvalue weighted by Gasteiger charge is 2.15. The molecule has 6 nitrogen and oxygen atoms in total. The van der Waals surface area contributed by atoms with Crippen molar-refractivity contribution >= 4 is 34.8 Å². The lowest BCUT2D eigenvalue weighted by atomic mass is 10.3. The molecule has 0 aliphatic rings. The van der Waals surface area contributed by atoms with Crippen LogP contribution in [0.5, 0.6) is 0 Å². The fraction of sp³-hybridized carbons (Fsp3) is 0.154. The molecule has 21 heavy (non-hydrogen) atoms. The highest BCUT2D eigenvalue weighted by molar-refractivity contribution is 6.33. The number of amides is 1. The van der Waals surface area contributed by atoms with Crippen molar-refractivity contribution in [1.29, 1.82) is 0 Å². The number of halogens is 2. The van der Waals surface area contributed by atoms with Crippen molar-refractivity contribution in [3.8, 4) is 5.69 Å². The van der Waals surface area contributed by atoms with Crippen LogP contribution in [0.25, 0.3) is 5.69 Å². The monoisotopic (exact) mass is 326 g/mol. The third-order valence-corrected chi connectivity index (χ3v) is 3.38. The van der Waals surface area contributed by atoms with Crippen molar-refractivity contribution in [3.63, 3.8) is 0 Å². The first-order valence-electron chi connectivity index (χ1n) is 5.93. The first kappa shape index (κ1) is 15.3. The van der Waals surface area contributed by atoms with Gasteiger partial charge in [-0.3, -0.25) is 9.59 Å². The normalized spacial score (nSPS) is 10.4. The Morgan fingerprint density at radius 1 is 1.33 bits per heavy atom. The Balaban J connectivity index is 2.44. The van der Waals surface area contributed by atoms with E-state index >= 15 is 0 Å². The molecule has 0 unspecified atom stereocenters. The maximum Gasteiger partial charge on any atom is 0.292 e. The van der Waals surface area contributed by atoms with E-state index in [4.69, 9.17) is 28.9 Å². The van der Waals surface area contributed by atoms with Gasteiger partial charge in [0.1, 0.15) is 5.02 Å². The Labute approximate surface area is 130 Å². The third kappa shape index (κ3) is 3.34. The lowest BCUT2D eigenvalue weighted by Crippen LogP contribution is -2.33. The van der Waals surface area contributed by atoms with Crippen molar-refractivity contribution in [3.05, 3.63) is 50.9 Å². The number of hydrogen-bond donors (Lipinski definition) is 1. The number of nitrogens with zero attached hydrogens (tertiary/aromatic N) is 3. The van der Waals surface area contributed by atoms with Crippen molar-refractivity contribution in [2.24, 2.45) is 5.73 Å². The number of carbonyl (C=O) groups is 1. The number of hydrogen-bond acceptors (Lipinski definition) is 4. The van der Waals surface area contributed by atoms with Gasteiger partial charge in [-0.05, 0) is 24.3 Å². The molecule has 2 aromatic rings. The SMILES string of the molecule is CN(CC(N)=O)c1cnn(-c2ccc(Cl)cc2)c(=O)c1Cl. The van der Waals surface area contributed by atoms with E-state index in [0.717, 1.165) is 4.68 Å². The zero-order valence-corrected chi connectivity index (χ0v) is 12.6. The molecule has 0 radical (unpaired) electrons. The van der Waals surface area contributed by atoms with Gasteiger partial charge in [0.2, 0.25) is 5.91 Å². The second kappa shape index (κ2) is 6.15. The molecular formula is C13H12Cl2N4O2. The van der Waals surface area contributed by atoms with E-state index in [0.29, 0.717) is 16.4 Å². The van der Waals surface area contributed by atoms with Crippen molar-refractivity contribution in [2.45, 2.75) is 0 Å². The summed E-state index contributed by atoms with van der Waals surface area (Å²) in [5.41, 5.74) is 5.50. The molecule has 2 rings (SSSR count). The maximum atomic E-state index is 12.3. The fourth-order valence-electron chi connectivity index (χ4n) is 1.78. The Kier molecular flexibility index (Phi) is 4.50. The molecule has 0 bridgehead atoms. The summed E-state index contributed by atoms with van der Waals surface area (Å²) in [6, 6.07) is 6.60. The Morgan fingerprint density at radius 2 is 1.95 bits per heavy atom. The number of aromatic nitrogens is 2. The Hall–Kier alpha value is -2.05. The van der Waals surface area contributed by atoms with Crippen molar-refractivity contribution < 1.29 is 4.79 Å². The van der Waals surface area contributed by atoms with Crippen LogP contribution in [0, 0.1) is 0 Å². The van der Waals surface area contributed by atoms with Crippen molar-refractivity contribution in [2.75, 3.05) is 18.5 Å². The molecule has 1 heterocycles. The lowest BCUT2D eigenvalue weighted by Gasteiger charge is -2.18. The molecule has 1 amide bonds. The second-order valence-electron chi connectivity index (χ2n) is 4.36. The van der Waals surface area contributed by atoms with E-state index in [-0.39, 0.29) is 11.6 Å². The van der Waals surface area contributed by atoms with Gasteiger partial charge in [0.25, 0.3) is 5.56 Å². The van der Waals surface area contributed by atoms with Gasteiger partial charge in [0.05, 0.1) is 24.1 Å². The molecule has 8 heteroatoms. The Bertz CT molecular complexity index is 728. The minimum atomic E-state index is -0.532. The smallest absolute Gasteiger partial charge is 0.292 e. The van der Waals surface area contributed by atoms with E-state index in [1.54, 1.807) is 31.3 Å². The molecule has 0 saturated carbocycles. The van der Waals surface area contributed by atoms with Crippen LogP contribution in [0.2, 0.25) is 10.0 Å². The van der Waals surface area contributed by atoms with Gasteiger partial charge < -0.3 is 10.6 Å². The topological polar surface area (TPSA) is 81.2 Å². The zero-order valence-electron chi connectivity index (χ0n) is 11.1. The molecule has 0 aliphatic heterocycles. The van der Waals surface area contributed by atoms with Gasteiger partial charge in [0, 0.05) is 12.1 Å². The van der Waals surface area contributed by atoms with Crippen LogP contribution in [-0.4, -0.2) is 29.3 Å². The maximum absolute atomic E-state index is 12.3. The summed E-state index contributed by atoms with van der Waals surface area (Å²) in [6.45, 7) is -0.0637. The van der Waals surface area contributed by atoms with E-state index in [9.17, 15) is 9.59 Å². The molecule has 110 valence electrons. The average Bonchev–Trinajstić information content (AvgIpc) is 2.42. The number of primary amides is 1. The number of nitrogens with two attached hydrogens (primary N) is 1.